The molecule has 2 unspecified atom stereocenters. The molecule has 4 heteroatoms. The summed E-state index contributed by atoms with van der Waals surface area (Å²) in [6, 6.07) is 0.797. The van der Waals surface area contributed by atoms with Gasteiger partial charge in [-0.15, -0.1) is 0 Å². The highest BCUT2D eigenvalue weighted by Crippen LogP contribution is 1.92. The topological polar surface area (TPSA) is 55.9 Å². The first-order valence-electron chi connectivity index (χ1n) is 4.64. The number of imidazole rings is 1. The highest BCUT2D eigenvalue weighted by atomic mass is 15.1. The van der Waals surface area contributed by atoms with Gasteiger partial charge in [-0.1, -0.05) is 0 Å². The number of aromatic nitrogens is 2. The largest absolute Gasteiger partial charge is 0.336 e. The molecule has 0 spiro atoms. The van der Waals surface area contributed by atoms with Crippen LogP contribution in [0.2, 0.25) is 0 Å². The standard InChI is InChI=1S/C9H18N4/c1-8(5-10)12-9(2)6-13-4-3-11-7-13/h3-4,7-9,12H,5-6,10H2,1-2H3. The van der Waals surface area contributed by atoms with E-state index in [9.17, 15) is 0 Å². The van der Waals surface area contributed by atoms with Crippen LogP contribution in [-0.4, -0.2) is 28.2 Å². The van der Waals surface area contributed by atoms with Crippen LogP contribution < -0.4 is 11.1 Å². The van der Waals surface area contributed by atoms with Gasteiger partial charge in [0.2, 0.25) is 0 Å². The second-order valence-corrected chi connectivity index (χ2v) is 3.46. The van der Waals surface area contributed by atoms with Crippen LogP contribution in [0.5, 0.6) is 0 Å². The third kappa shape index (κ3) is 3.57. The average Bonchev–Trinajstić information content (AvgIpc) is 2.56. The third-order valence-corrected chi connectivity index (χ3v) is 1.97. The fourth-order valence-corrected chi connectivity index (χ4v) is 1.32. The van der Waals surface area contributed by atoms with Crippen LogP contribution in [0.1, 0.15) is 13.8 Å². The molecule has 0 aliphatic rings. The lowest BCUT2D eigenvalue weighted by molar-refractivity contribution is 0.426. The Bertz CT molecular complexity index is 220. The summed E-state index contributed by atoms with van der Waals surface area (Å²) in [6.07, 6.45) is 5.58. The van der Waals surface area contributed by atoms with E-state index in [1.807, 2.05) is 12.5 Å². The zero-order valence-electron chi connectivity index (χ0n) is 8.27. The average molecular weight is 182 g/mol. The molecule has 1 aromatic rings. The Kier molecular flexibility index (Phi) is 3.92. The molecule has 74 valence electrons. The zero-order chi connectivity index (χ0) is 9.68. The molecule has 0 radical (unpaired) electrons. The number of hydrogen-bond donors (Lipinski definition) is 2. The maximum atomic E-state index is 5.51. The molecule has 3 N–H and O–H groups in total. The Balaban J connectivity index is 2.29. The van der Waals surface area contributed by atoms with Gasteiger partial charge in [-0.25, -0.2) is 4.98 Å². The fraction of sp³-hybridized carbons (Fsp3) is 0.667. The summed E-state index contributed by atoms with van der Waals surface area (Å²) in [4.78, 5) is 3.99. The minimum atomic E-state index is 0.374. The molecule has 1 heterocycles. The van der Waals surface area contributed by atoms with E-state index < -0.39 is 0 Å². The van der Waals surface area contributed by atoms with Crippen molar-refractivity contribution in [2.75, 3.05) is 6.54 Å². The molecule has 1 aromatic heterocycles. The van der Waals surface area contributed by atoms with E-state index in [-0.39, 0.29) is 0 Å². The molecule has 0 aliphatic carbocycles. The predicted molar refractivity (Wildman–Crippen MR) is 53.3 cm³/mol. The van der Waals surface area contributed by atoms with Crippen LogP contribution in [0.15, 0.2) is 18.7 Å². The van der Waals surface area contributed by atoms with Gasteiger partial charge in [0.05, 0.1) is 6.33 Å². The Hall–Kier alpha value is -0.870. The summed E-state index contributed by atoms with van der Waals surface area (Å²) in [5, 5.41) is 3.39. The summed E-state index contributed by atoms with van der Waals surface area (Å²) in [6.45, 7) is 5.84. The van der Waals surface area contributed by atoms with E-state index in [1.165, 1.54) is 0 Å². The second-order valence-electron chi connectivity index (χ2n) is 3.46. The molecule has 0 fully saturated rings. The quantitative estimate of drug-likeness (QED) is 0.684. The Morgan fingerprint density at radius 3 is 2.77 bits per heavy atom. The molecule has 0 aliphatic heterocycles. The van der Waals surface area contributed by atoms with Crippen LogP contribution in [0.3, 0.4) is 0 Å². The number of hydrogen-bond acceptors (Lipinski definition) is 3. The lowest BCUT2D eigenvalue weighted by Gasteiger charge is -2.18. The molecule has 1 rings (SSSR count). The molecule has 0 amide bonds. The van der Waals surface area contributed by atoms with Crippen LogP contribution in [0, 0.1) is 0 Å². The van der Waals surface area contributed by atoms with Crippen LogP contribution in [-0.2, 0) is 6.54 Å². The molecular formula is C9H18N4. The van der Waals surface area contributed by atoms with Crippen molar-refractivity contribution in [3.05, 3.63) is 18.7 Å². The van der Waals surface area contributed by atoms with Crippen LogP contribution in [0.4, 0.5) is 0 Å². The lowest BCUT2D eigenvalue weighted by atomic mass is 10.2. The first-order chi connectivity index (χ1) is 6.22. The van der Waals surface area contributed by atoms with Crippen LogP contribution in [0.25, 0.3) is 0 Å². The highest BCUT2D eigenvalue weighted by molar-refractivity contribution is 4.77. The summed E-state index contributed by atoms with van der Waals surface area (Å²) >= 11 is 0. The van der Waals surface area contributed by atoms with Crippen molar-refractivity contribution in [2.24, 2.45) is 5.73 Å². The molecule has 13 heavy (non-hydrogen) atoms. The summed E-state index contributed by atoms with van der Waals surface area (Å²) in [5.41, 5.74) is 5.51. The van der Waals surface area contributed by atoms with Gasteiger partial charge >= 0.3 is 0 Å². The van der Waals surface area contributed by atoms with Crippen molar-refractivity contribution in [2.45, 2.75) is 32.5 Å². The first-order valence-corrected chi connectivity index (χ1v) is 4.64. The van der Waals surface area contributed by atoms with Gasteiger partial charge in [0, 0.05) is 37.6 Å². The predicted octanol–water partition coefficient (Wildman–Crippen LogP) is 0.208. The van der Waals surface area contributed by atoms with Crippen molar-refractivity contribution in [1.82, 2.24) is 14.9 Å². The van der Waals surface area contributed by atoms with E-state index in [1.54, 1.807) is 6.20 Å². The van der Waals surface area contributed by atoms with Gasteiger partial charge in [-0.2, -0.15) is 0 Å². The van der Waals surface area contributed by atoms with Crippen molar-refractivity contribution >= 4 is 0 Å². The minimum absolute atomic E-state index is 0.374. The van der Waals surface area contributed by atoms with Gasteiger partial charge < -0.3 is 15.6 Å². The lowest BCUT2D eigenvalue weighted by Crippen LogP contribution is -2.41. The maximum absolute atomic E-state index is 5.51. The first kappa shape index (κ1) is 10.2. The zero-order valence-corrected chi connectivity index (χ0v) is 8.27. The minimum Gasteiger partial charge on any atom is -0.336 e. The second kappa shape index (κ2) is 4.99. The van der Waals surface area contributed by atoms with Gasteiger partial charge in [0.15, 0.2) is 0 Å². The van der Waals surface area contributed by atoms with Crippen molar-refractivity contribution in [3.63, 3.8) is 0 Å². The fourth-order valence-electron chi connectivity index (χ4n) is 1.32. The SMILES string of the molecule is CC(CN)NC(C)Cn1ccnc1. The Labute approximate surface area is 79.1 Å². The van der Waals surface area contributed by atoms with Gasteiger partial charge in [0.25, 0.3) is 0 Å². The van der Waals surface area contributed by atoms with E-state index in [0.29, 0.717) is 18.6 Å². The molecule has 0 bridgehead atoms. The summed E-state index contributed by atoms with van der Waals surface area (Å²) in [5.74, 6) is 0. The Morgan fingerprint density at radius 1 is 1.46 bits per heavy atom. The molecule has 0 saturated heterocycles. The Morgan fingerprint density at radius 2 is 2.23 bits per heavy atom. The number of nitrogens with one attached hydrogen (secondary N) is 1. The summed E-state index contributed by atoms with van der Waals surface area (Å²) < 4.78 is 2.06. The van der Waals surface area contributed by atoms with Gasteiger partial charge in [-0.05, 0) is 13.8 Å². The summed E-state index contributed by atoms with van der Waals surface area (Å²) in [7, 11) is 0. The molecule has 4 nitrogen and oxygen atoms in total. The van der Waals surface area contributed by atoms with Crippen molar-refractivity contribution in [3.8, 4) is 0 Å². The maximum Gasteiger partial charge on any atom is 0.0946 e. The van der Waals surface area contributed by atoms with E-state index >= 15 is 0 Å². The normalized spacial score (nSPS) is 15.6. The van der Waals surface area contributed by atoms with Crippen molar-refractivity contribution in [1.29, 1.82) is 0 Å². The highest BCUT2D eigenvalue weighted by Gasteiger charge is 2.05. The van der Waals surface area contributed by atoms with Crippen LogP contribution >= 0.6 is 0 Å². The number of nitrogens with zero attached hydrogens (tertiary/aromatic N) is 2. The van der Waals surface area contributed by atoms with Gasteiger partial charge in [-0.3, -0.25) is 0 Å². The van der Waals surface area contributed by atoms with E-state index in [4.69, 9.17) is 5.73 Å². The number of rotatable bonds is 5. The van der Waals surface area contributed by atoms with E-state index in [2.05, 4.69) is 28.7 Å². The van der Waals surface area contributed by atoms with E-state index in [0.717, 1.165) is 6.54 Å². The smallest absolute Gasteiger partial charge is 0.0946 e. The molecule has 2 atom stereocenters. The van der Waals surface area contributed by atoms with Crippen molar-refractivity contribution < 1.29 is 0 Å². The molecule has 0 saturated carbocycles. The monoisotopic (exact) mass is 182 g/mol. The molecule has 0 aromatic carbocycles. The van der Waals surface area contributed by atoms with Gasteiger partial charge in [0.1, 0.15) is 0 Å². The number of nitrogens with two attached hydrogens (primary N) is 1. The third-order valence-electron chi connectivity index (χ3n) is 1.97. The molecular weight excluding hydrogens is 164 g/mol.